The summed E-state index contributed by atoms with van der Waals surface area (Å²) >= 11 is 0. The Hall–Kier alpha value is -0.570. The van der Waals surface area contributed by atoms with Crippen molar-refractivity contribution in [3.8, 4) is 0 Å². The molecule has 0 saturated carbocycles. The molecule has 46 valence electrons. The molecular formula is C5H9NO2. The topological polar surface area (TPSA) is 52.3 Å². The van der Waals surface area contributed by atoms with Gasteiger partial charge in [-0.3, -0.25) is 4.79 Å². The minimum atomic E-state index is -0.370. The molecule has 1 fully saturated rings. The first-order valence-corrected chi connectivity index (χ1v) is 2.66. The maximum absolute atomic E-state index is 10.4. The predicted octanol–water partition coefficient (Wildman–Crippen LogP) is -0.351. The quantitative estimate of drug-likeness (QED) is 0.439. The summed E-state index contributed by atoms with van der Waals surface area (Å²) in [5.41, 5.74) is 5.29. The Bertz CT molecular complexity index is 113. The first kappa shape index (κ1) is 5.56. The average molecular weight is 115 g/mol. The number of hydrogen-bond donors (Lipinski definition) is 1. The van der Waals surface area contributed by atoms with Crippen LogP contribution in [0.1, 0.15) is 13.3 Å². The molecule has 0 amide bonds. The van der Waals surface area contributed by atoms with E-state index in [9.17, 15) is 4.79 Å². The highest BCUT2D eigenvalue weighted by atomic mass is 16.6. The number of ether oxygens (including phenoxy) is 1. The van der Waals surface area contributed by atoms with Gasteiger partial charge in [-0.05, 0) is 6.92 Å². The highest BCUT2D eigenvalue weighted by Gasteiger charge is 2.27. The predicted molar refractivity (Wildman–Crippen MR) is 28.1 cm³/mol. The molecule has 0 radical (unpaired) electrons. The van der Waals surface area contributed by atoms with Crippen LogP contribution in [0.2, 0.25) is 0 Å². The number of carbonyl (C=O) groups excluding carboxylic acids is 1. The van der Waals surface area contributed by atoms with E-state index in [0.717, 1.165) is 0 Å². The normalized spacial score (nSPS) is 37.5. The third-order valence-corrected chi connectivity index (χ3v) is 1.21. The molecule has 2 N–H and O–H groups in total. The van der Waals surface area contributed by atoms with Crippen molar-refractivity contribution in [3.05, 3.63) is 0 Å². The second kappa shape index (κ2) is 1.74. The van der Waals surface area contributed by atoms with Gasteiger partial charge >= 0.3 is 5.97 Å². The summed E-state index contributed by atoms with van der Waals surface area (Å²) in [5.74, 6) is -0.266. The van der Waals surface area contributed by atoms with Gasteiger partial charge in [-0.15, -0.1) is 0 Å². The highest BCUT2D eigenvalue weighted by Crippen LogP contribution is 2.10. The van der Waals surface area contributed by atoms with Gasteiger partial charge in [-0.25, -0.2) is 0 Å². The molecule has 0 aliphatic carbocycles. The minimum absolute atomic E-state index is 0.0255. The summed E-state index contributed by atoms with van der Waals surface area (Å²) in [7, 11) is 0. The molecule has 1 rings (SSSR count). The molecule has 0 spiro atoms. The number of cyclic esters (lactones) is 1. The zero-order chi connectivity index (χ0) is 6.15. The fourth-order valence-corrected chi connectivity index (χ4v) is 0.788. The second-order valence-electron chi connectivity index (χ2n) is 2.09. The van der Waals surface area contributed by atoms with E-state index in [2.05, 4.69) is 0 Å². The zero-order valence-corrected chi connectivity index (χ0v) is 4.76. The van der Waals surface area contributed by atoms with E-state index in [4.69, 9.17) is 10.5 Å². The Kier molecular flexibility index (Phi) is 1.21. The molecule has 0 bridgehead atoms. The van der Waals surface area contributed by atoms with Gasteiger partial charge < -0.3 is 10.5 Å². The van der Waals surface area contributed by atoms with Crippen LogP contribution in [0.25, 0.3) is 0 Å². The summed E-state index contributed by atoms with van der Waals surface area (Å²) in [4.78, 5) is 10.4. The van der Waals surface area contributed by atoms with Gasteiger partial charge in [0.2, 0.25) is 0 Å². The van der Waals surface area contributed by atoms with Gasteiger partial charge in [0.25, 0.3) is 0 Å². The number of esters is 1. The third-order valence-electron chi connectivity index (χ3n) is 1.21. The number of nitrogens with two attached hydrogens (primary N) is 1. The van der Waals surface area contributed by atoms with Gasteiger partial charge in [0, 0.05) is 6.42 Å². The Morgan fingerprint density at radius 2 is 2.50 bits per heavy atom. The van der Waals surface area contributed by atoms with Crippen molar-refractivity contribution >= 4 is 5.97 Å². The lowest BCUT2D eigenvalue weighted by Gasteiger charge is -1.95. The van der Waals surface area contributed by atoms with Crippen molar-refractivity contribution in [1.82, 2.24) is 0 Å². The Balaban J connectivity index is 2.51. The van der Waals surface area contributed by atoms with Gasteiger partial charge in [0.05, 0.1) is 0 Å². The molecule has 1 heterocycles. The van der Waals surface area contributed by atoms with E-state index in [0.29, 0.717) is 6.42 Å². The van der Waals surface area contributed by atoms with Crippen LogP contribution in [0.15, 0.2) is 0 Å². The SMILES string of the molecule is CC1C[C@H](N)C(=O)O1. The smallest absolute Gasteiger partial charge is 0.323 e. The summed E-state index contributed by atoms with van der Waals surface area (Å²) in [6.07, 6.45) is 0.691. The monoisotopic (exact) mass is 115 g/mol. The lowest BCUT2D eigenvalue weighted by atomic mass is 10.2. The first-order valence-electron chi connectivity index (χ1n) is 2.66. The van der Waals surface area contributed by atoms with Crippen LogP contribution in [-0.2, 0) is 9.53 Å². The van der Waals surface area contributed by atoms with E-state index < -0.39 is 0 Å². The van der Waals surface area contributed by atoms with Gasteiger partial charge in [-0.1, -0.05) is 0 Å². The molecule has 0 aromatic carbocycles. The largest absolute Gasteiger partial charge is 0.461 e. The van der Waals surface area contributed by atoms with Crippen molar-refractivity contribution in [2.45, 2.75) is 25.5 Å². The summed E-state index contributed by atoms with van der Waals surface area (Å²) in [5, 5.41) is 0. The van der Waals surface area contributed by atoms with Crippen molar-refractivity contribution in [2.75, 3.05) is 0 Å². The lowest BCUT2D eigenvalue weighted by Crippen LogP contribution is -2.24. The summed E-state index contributed by atoms with van der Waals surface area (Å²) in [6, 6.07) is -0.370. The molecule has 0 aromatic heterocycles. The molecule has 8 heavy (non-hydrogen) atoms. The fraction of sp³-hybridized carbons (Fsp3) is 0.800. The number of rotatable bonds is 0. The first-order chi connectivity index (χ1) is 3.70. The summed E-state index contributed by atoms with van der Waals surface area (Å²) < 4.78 is 4.71. The standard InChI is InChI=1S/C5H9NO2/c1-3-2-4(6)5(7)8-3/h3-4H,2,6H2,1H3/t3?,4-/m0/s1. The molecule has 0 aromatic rings. The second-order valence-corrected chi connectivity index (χ2v) is 2.09. The van der Waals surface area contributed by atoms with Gasteiger partial charge in [0.15, 0.2) is 0 Å². The van der Waals surface area contributed by atoms with Crippen molar-refractivity contribution in [1.29, 1.82) is 0 Å². The van der Waals surface area contributed by atoms with Crippen LogP contribution < -0.4 is 5.73 Å². The van der Waals surface area contributed by atoms with Crippen LogP contribution in [0.5, 0.6) is 0 Å². The molecule has 1 unspecified atom stereocenters. The van der Waals surface area contributed by atoms with E-state index in [1.807, 2.05) is 6.92 Å². The number of carbonyl (C=O) groups is 1. The van der Waals surface area contributed by atoms with Crippen LogP contribution in [0.4, 0.5) is 0 Å². The maximum atomic E-state index is 10.4. The molecule has 3 heteroatoms. The van der Waals surface area contributed by atoms with Crippen LogP contribution in [0.3, 0.4) is 0 Å². The lowest BCUT2D eigenvalue weighted by molar-refractivity contribution is -0.141. The molecule has 2 atom stereocenters. The summed E-state index contributed by atoms with van der Waals surface area (Å²) in [6.45, 7) is 1.84. The van der Waals surface area contributed by atoms with E-state index in [-0.39, 0.29) is 18.1 Å². The Morgan fingerprint density at radius 3 is 2.62 bits per heavy atom. The van der Waals surface area contributed by atoms with Crippen molar-refractivity contribution < 1.29 is 9.53 Å². The molecule has 1 aliphatic rings. The molecule has 3 nitrogen and oxygen atoms in total. The van der Waals surface area contributed by atoms with Gasteiger partial charge in [0.1, 0.15) is 12.1 Å². The highest BCUT2D eigenvalue weighted by molar-refractivity contribution is 5.77. The number of hydrogen-bond acceptors (Lipinski definition) is 3. The maximum Gasteiger partial charge on any atom is 0.323 e. The van der Waals surface area contributed by atoms with Crippen molar-refractivity contribution in [2.24, 2.45) is 5.73 Å². The van der Waals surface area contributed by atoms with E-state index in [1.54, 1.807) is 0 Å². The van der Waals surface area contributed by atoms with Gasteiger partial charge in [-0.2, -0.15) is 0 Å². The zero-order valence-electron chi connectivity index (χ0n) is 4.76. The van der Waals surface area contributed by atoms with Crippen molar-refractivity contribution in [3.63, 3.8) is 0 Å². The Labute approximate surface area is 47.8 Å². The minimum Gasteiger partial charge on any atom is -0.461 e. The molecule has 1 saturated heterocycles. The fourth-order valence-electron chi connectivity index (χ4n) is 0.788. The Morgan fingerprint density at radius 1 is 1.88 bits per heavy atom. The van der Waals surface area contributed by atoms with Crippen LogP contribution in [0, 0.1) is 0 Å². The van der Waals surface area contributed by atoms with Crippen LogP contribution in [-0.4, -0.2) is 18.1 Å². The average Bonchev–Trinajstić information content (AvgIpc) is 1.85. The van der Waals surface area contributed by atoms with Crippen LogP contribution >= 0.6 is 0 Å². The molecular weight excluding hydrogens is 106 g/mol. The van der Waals surface area contributed by atoms with E-state index in [1.165, 1.54) is 0 Å². The van der Waals surface area contributed by atoms with E-state index >= 15 is 0 Å². The molecule has 1 aliphatic heterocycles. The third kappa shape index (κ3) is 0.816.